The molecular formula is C14H28N2O2. The van der Waals surface area contributed by atoms with E-state index in [4.69, 9.17) is 5.11 Å². The number of hydrogen-bond donors (Lipinski definition) is 2. The summed E-state index contributed by atoms with van der Waals surface area (Å²) in [6, 6.07) is -0.290. The summed E-state index contributed by atoms with van der Waals surface area (Å²) in [6.07, 6.45) is 2.90. The van der Waals surface area contributed by atoms with Gasteiger partial charge >= 0.3 is 5.97 Å². The predicted octanol–water partition coefficient (Wildman–Crippen LogP) is 1.95. The number of aliphatic carboxylic acids is 1. The fraction of sp³-hybridized carbons (Fsp3) is 0.929. The lowest BCUT2D eigenvalue weighted by Crippen LogP contribution is -2.47. The smallest absolute Gasteiger partial charge is 0.320 e. The van der Waals surface area contributed by atoms with Crippen LogP contribution in [-0.4, -0.2) is 47.2 Å². The van der Waals surface area contributed by atoms with E-state index in [0.717, 1.165) is 32.5 Å². The molecule has 0 amide bonds. The van der Waals surface area contributed by atoms with Gasteiger partial charge in [0.1, 0.15) is 6.04 Å². The van der Waals surface area contributed by atoms with Crippen molar-refractivity contribution in [2.45, 2.75) is 58.5 Å². The number of carbonyl (C=O) groups is 1. The number of nitrogens with one attached hydrogen (secondary N) is 1. The highest BCUT2D eigenvalue weighted by atomic mass is 16.4. The van der Waals surface area contributed by atoms with Gasteiger partial charge in [-0.05, 0) is 65.6 Å². The van der Waals surface area contributed by atoms with Crippen LogP contribution < -0.4 is 5.32 Å². The van der Waals surface area contributed by atoms with Crippen molar-refractivity contribution in [1.29, 1.82) is 0 Å². The maximum atomic E-state index is 11.1. The maximum Gasteiger partial charge on any atom is 0.320 e. The van der Waals surface area contributed by atoms with E-state index in [-0.39, 0.29) is 11.6 Å². The topological polar surface area (TPSA) is 52.6 Å². The largest absolute Gasteiger partial charge is 0.480 e. The van der Waals surface area contributed by atoms with Gasteiger partial charge in [0.15, 0.2) is 0 Å². The summed E-state index contributed by atoms with van der Waals surface area (Å²) in [5.41, 5.74) is 0.171. The fourth-order valence-electron chi connectivity index (χ4n) is 2.51. The molecule has 0 bridgehead atoms. The third kappa shape index (κ3) is 4.94. The molecule has 1 atom stereocenters. The molecule has 0 saturated carbocycles. The number of hydrogen-bond acceptors (Lipinski definition) is 3. The van der Waals surface area contributed by atoms with Crippen molar-refractivity contribution >= 4 is 5.97 Å². The second-order valence-corrected chi connectivity index (χ2v) is 6.37. The lowest BCUT2D eigenvalue weighted by molar-refractivity contribution is -0.144. The van der Waals surface area contributed by atoms with E-state index in [2.05, 4.69) is 31.0 Å². The van der Waals surface area contributed by atoms with E-state index < -0.39 is 5.97 Å². The molecule has 0 aromatic carbocycles. The normalized spacial score (nSPS) is 20.9. The molecule has 0 aromatic rings. The monoisotopic (exact) mass is 256 g/mol. The number of rotatable bonds is 5. The van der Waals surface area contributed by atoms with Gasteiger partial charge in [0.2, 0.25) is 0 Å². The Balaban J connectivity index is 2.34. The highest BCUT2D eigenvalue weighted by Gasteiger charge is 2.28. The van der Waals surface area contributed by atoms with Gasteiger partial charge in [0.25, 0.3) is 0 Å². The molecule has 1 unspecified atom stereocenters. The Kier molecular flexibility index (Phi) is 5.60. The van der Waals surface area contributed by atoms with Crippen molar-refractivity contribution in [2.75, 3.05) is 19.6 Å². The van der Waals surface area contributed by atoms with E-state index in [1.54, 1.807) is 0 Å². The van der Waals surface area contributed by atoms with Crippen LogP contribution in [0.4, 0.5) is 0 Å². The summed E-state index contributed by atoms with van der Waals surface area (Å²) in [6.45, 7) is 11.4. The number of nitrogens with zero attached hydrogens (tertiary/aromatic N) is 1. The van der Waals surface area contributed by atoms with E-state index >= 15 is 0 Å². The fourth-order valence-corrected chi connectivity index (χ4v) is 2.51. The zero-order valence-corrected chi connectivity index (χ0v) is 12.2. The number of carboxylic acids is 1. The summed E-state index contributed by atoms with van der Waals surface area (Å²) in [4.78, 5) is 13.2. The maximum absolute atomic E-state index is 11.1. The average Bonchev–Trinajstić information content (AvgIpc) is 2.27. The Bertz CT molecular complexity index is 265. The van der Waals surface area contributed by atoms with Crippen molar-refractivity contribution in [3.05, 3.63) is 0 Å². The lowest BCUT2D eigenvalue weighted by atomic mass is 9.94. The Labute approximate surface area is 111 Å². The number of piperidine rings is 1. The molecule has 1 fully saturated rings. The molecule has 0 aliphatic carbocycles. The van der Waals surface area contributed by atoms with Gasteiger partial charge in [-0.1, -0.05) is 6.92 Å². The second-order valence-electron chi connectivity index (χ2n) is 6.37. The van der Waals surface area contributed by atoms with Crippen LogP contribution in [0.5, 0.6) is 0 Å². The van der Waals surface area contributed by atoms with Crippen molar-refractivity contribution in [1.82, 2.24) is 10.2 Å². The number of carboxylic acid groups (broad SMARTS) is 1. The standard InChI is InChI=1S/C14H28N2O2/c1-5-12(13(17)18)16-8-6-11(7-9-16)10-15-14(2,3)4/h11-12,15H,5-10H2,1-4H3,(H,17,18). The van der Waals surface area contributed by atoms with Crippen LogP contribution >= 0.6 is 0 Å². The minimum absolute atomic E-state index is 0.171. The molecule has 1 aliphatic rings. The predicted molar refractivity (Wildman–Crippen MR) is 73.8 cm³/mol. The molecule has 1 aliphatic heterocycles. The van der Waals surface area contributed by atoms with Gasteiger partial charge in [-0.15, -0.1) is 0 Å². The van der Waals surface area contributed by atoms with Crippen LogP contribution in [-0.2, 0) is 4.79 Å². The van der Waals surface area contributed by atoms with Gasteiger partial charge in [-0.25, -0.2) is 0 Å². The third-order valence-corrected chi connectivity index (χ3v) is 3.68. The Morgan fingerprint density at radius 3 is 2.33 bits per heavy atom. The molecule has 4 nitrogen and oxygen atoms in total. The summed E-state index contributed by atoms with van der Waals surface area (Å²) >= 11 is 0. The second kappa shape index (κ2) is 6.53. The molecule has 1 saturated heterocycles. The Hall–Kier alpha value is -0.610. The zero-order chi connectivity index (χ0) is 13.8. The molecule has 1 heterocycles. The van der Waals surface area contributed by atoms with Gasteiger partial charge in [0.05, 0.1) is 0 Å². The SMILES string of the molecule is CCC(C(=O)O)N1CCC(CNC(C)(C)C)CC1. The van der Waals surface area contributed by atoms with Gasteiger partial charge in [0, 0.05) is 5.54 Å². The average molecular weight is 256 g/mol. The van der Waals surface area contributed by atoms with E-state index in [0.29, 0.717) is 12.3 Å². The quantitative estimate of drug-likeness (QED) is 0.789. The van der Waals surface area contributed by atoms with Crippen LogP contribution in [0.1, 0.15) is 47.0 Å². The van der Waals surface area contributed by atoms with Crippen molar-refractivity contribution in [2.24, 2.45) is 5.92 Å². The van der Waals surface area contributed by atoms with Crippen molar-refractivity contribution in [3.8, 4) is 0 Å². The van der Waals surface area contributed by atoms with E-state index in [1.165, 1.54) is 0 Å². The first-order valence-electron chi connectivity index (χ1n) is 7.05. The van der Waals surface area contributed by atoms with Gasteiger partial charge < -0.3 is 10.4 Å². The van der Waals surface area contributed by atoms with Gasteiger partial charge in [-0.3, -0.25) is 9.69 Å². The molecule has 0 spiro atoms. The highest BCUT2D eigenvalue weighted by molar-refractivity contribution is 5.73. The first-order chi connectivity index (χ1) is 8.33. The third-order valence-electron chi connectivity index (χ3n) is 3.68. The summed E-state index contributed by atoms with van der Waals surface area (Å²) in [5.74, 6) is 0.00976. The van der Waals surface area contributed by atoms with E-state index in [9.17, 15) is 4.79 Å². The molecular weight excluding hydrogens is 228 g/mol. The van der Waals surface area contributed by atoms with Crippen LogP contribution in [0.25, 0.3) is 0 Å². The molecule has 1 rings (SSSR count). The first-order valence-corrected chi connectivity index (χ1v) is 7.05. The Morgan fingerprint density at radius 2 is 1.94 bits per heavy atom. The zero-order valence-electron chi connectivity index (χ0n) is 12.2. The highest BCUT2D eigenvalue weighted by Crippen LogP contribution is 2.20. The van der Waals surface area contributed by atoms with Crippen molar-refractivity contribution in [3.63, 3.8) is 0 Å². The van der Waals surface area contributed by atoms with Crippen LogP contribution in [0.3, 0.4) is 0 Å². The van der Waals surface area contributed by atoms with Crippen LogP contribution in [0, 0.1) is 5.92 Å². The van der Waals surface area contributed by atoms with Crippen molar-refractivity contribution < 1.29 is 9.90 Å². The molecule has 106 valence electrons. The molecule has 18 heavy (non-hydrogen) atoms. The minimum Gasteiger partial charge on any atom is -0.480 e. The summed E-state index contributed by atoms with van der Waals surface area (Å²) in [5, 5.41) is 12.7. The van der Waals surface area contributed by atoms with Crippen LogP contribution in [0.2, 0.25) is 0 Å². The first kappa shape index (κ1) is 15.4. The molecule has 0 radical (unpaired) electrons. The molecule has 2 N–H and O–H groups in total. The minimum atomic E-state index is -0.677. The van der Waals surface area contributed by atoms with Crippen LogP contribution in [0.15, 0.2) is 0 Å². The molecule has 4 heteroatoms. The molecule has 0 aromatic heterocycles. The van der Waals surface area contributed by atoms with Gasteiger partial charge in [-0.2, -0.15) is 0 Å². The Morgan fingerprint density at radius 1 is 1.39 bits per heavy atom. The summed E-state index contributed by atoms with van der Waals surface area (Å²) < 4.78 is 0. The summed E-state index contributed by atoms with van der Waals surface area (Å²) in [7, 11) is 0. The number of likely N-dealkylation sites (tertiary alicyclic amines) is 1. The van der Waals surface area contributed by atoms with E-state index in [1.807, 2.05) is 6.92 Å². The lowest BCUT2D eigenvalue weighted by Gasteiger charge is -2.36.